The number of carbonyl (C=O) groups excluding carboxylic acids is 1. The fraction of sp³-hybridized carbons (Fsp3) is 0.286. The van der Waals surface area contributed by atoms with Gasteiger partial charge in [0.2, 0.25) is 5.91 Å². The van der Waals surface area contributed by atoms with Crippen LogP contribution < -0.4 is 11.1 Å². The van der Waals surface area contributed by atoms with Crippen LogP contribution in [0.1, 0.15) is 19.0 Å². The first-order chi connectivity index (χ1) is 8.61. The number of nitrogens with zero attached hydrogens (tertiary/aromatic N) is 1. The Morgan fingerprint density at radius 1 is 1.44 bits per heavy atom. The molecule has 0 radical (unpaired) electrons. The number of pyridine rings is 1. The lowest BCUT2D eigenvalue weighted by atomic mass is 10.1. The van der Waals surface area contributed by atoms with Gasteiger partial charge in [-0.2, -0.15) is 0 Å². The summed E-state index contributed by atoms with van der Waals surface area (Å²) >= 11 is 0. The lowest BCUT2D eigenvalue weighted by molar-refractivity contribution is -0.117. The van der Waals surface area contributed by atoms with Crippen molar-refractivity contribution in [3.8, 4) is 0 Å². The van der Waals surface area contributed by atoms with Crippen LogP contribution in [0.25, 0.3) is 10.9 Å². The first-order valence-electron chi connectivity index (χ1n) is 6.04. The third-order valence-electron chi connectivity index (χ3n) is 2.88. The van der Waals surface area contributed by atoms with E-state index in [9.17, 15) is 4.79 Å². The SMILES string of the molecule is CCC(N)C(=O)Nc1cc(C)nc2ccccc12. The molecular formula is C14H17N3O. The van der Waals surface area contributed by atoms with Crippen molar-refractivity contribution in [3.05, 3.63) is 36.0 Å². The Morgan fingerprint density at radius 2 is 2.17 bits per heavy atom. The number of carbonyl (C=O) groups is 1. The summed E-state index contributed by atoms with van der Waals surface area (Å²) in [6, 6.07) is 9.11. The monoisotopic (exact) mass is 243 g/mol. The fourth-order valence-electron chi connectivity index (χ4n) is 1.82. The molecular weight excluding hydrogens is 226 g/mol. The molecule has 0 aliphatic rings. The number of anilines is 1. The smallest absolute Gasteiger partial charge is 0.241 e. The molecule has 0 spiro atoms. The van der Waals surface area contributed by atoms with Crippen molar-refractivity contribution in [2.24, 2.45) is 5.73 Å². The number of aryl methyl sites for hydroxylation is 1. The van der Waals surface area contributed by atoms with Crippen molar-refractivity contribution in [2.75, 3.05) is 5.32 Å². The average molecular weight is 243 g/mol. The molecule has 1 aromatic carbocycles. The van der Waals surface area contributed by atoms with Gasteiger partial charge in [-0.1, -0.05) is 25.1 Å². The molecule has 1 unspecified atom stereocenters. The second-order valence-corrected chi connectivity index (χ2v) is 4.33. The molecule has 0 aliphatic heterocycles. The number of benzene rings is 1. The molecule has 4 nitrogen and oxygen atoms in total. The van der Waals surface area contributed by atoms with Gasteiger partial charge in [-0.3, -0.25) is 9.78 Å². The molecule has 0 fully saturated rings. The molecule has 18 heavy (non-hydrogen) atoms. The molecule has 1 amide bonds. The van der Waals surface area contributed by atoms with Gasteiger partial charge in [0.1, 0.15) is 0 Å². The molecule has 2 aromatic rings. The van der Waals surface area contributed by atoms with E-state index >= 15 is 0 Å². The van der Waals surface area contributed by atoms with E-state index in [4.69, 9.17) is 5.73 Å². The summed E-state index contributed by atoms with van der Waals surface area (Å²) in [5.41, 5.74) is 8.23. The highest BCUT2D eigenvalue weighted by molar-refractivity contribution is 6.02. The van der Waals surface area contributed by atoms with Crippen molar-refractivity contribution in [3.63, 3.8) is 0 Å². The van der Waals surface area contributed by atoms with E-state index in [0.717, 1.165) is 22.3 Å². The third kappa shape index (κ3) is 2.49. The zero-order valence-electron chi connectivity index (χ0n) is 10.6. The minimum Gasteiger partial charge on any atom is -0.324 e. The van der Waals surface area contributed by atoms with Gasteiger partial charge in [-0.05, 0) is 25.5 Å². The van der Waals surface area contributed by atoms with E-state index in [1.165, 1.54) is 0 Å². The van der Waals surface area contributed by atoms with Gasteiger partial charge in [0.25, 0.3) is 0 Å². The summed E-state index contributed by atoms with van der Waals surface area (Å²) in [5, 5.41) is 3.80. The number of fused-ring (bicyclic) bond motifs is 1. The number of hydrogen-bond donors (Lipinski definition) is 2. The molecule has 3 N–H and O–H groups in total. The van der Waals surface area contributed by atoms with Crippen LogP contribution in [0.5, 0.6) is 0 Å². The molecule has 0 bridgehead atoms. The standard InChI is InChI=1S/C14H17N3O/c1-3-11(15)14(18)17-13-8-9(2)16-12-7-5-4-6-10(12)13/h4-8,11H,3,15H2,1-2H3,(H,16,17,18). The number of rotatable bonds is 3. The molecule has 94 valence electrons. The lowest BCUT2D eigenvalue weighted by Gasteiger charge is -2.12. The van der Waals surface area contributed by atoms with Gasteiger partial charge < -0.3 is 11.1 Å². The molecule has 2 rings (SSSR count). The summed E-state index contributed by atoms with van der Waals surface area (Å²) in [6.07, 6.45) is 0.619. The highest BCUT2D eigenvalue weighted by Crippen LogP contribution is 2.22. The van der Waals surface area contributed by atoms with E-state index < -0.39 is 6.04 Å². The van der Waals surface area contributed by atoms with Crippen molar-refractivity contribution in [1.29, 1.82) is 0 Å². The van der Waals surface area contributed by atoms with E-state index in [1.54, 1.807) is 0 Å². The van der Waals surface area contributed by atoms with Crippen LogP contribution in [0.2, 0.25) is 0 Å². The number of hydrogen-bond acceptors (Lipinski definition) is 3. The Kier molecular flexibility index (Phi) is 3.58. The molecule has 4 heteroatoms. The Morgan fingerprint density at radius 3 is 2.89 bits per heavy atom. The number of nitrogens with two attached hydrogens (primary N) is 1. The van der Waals surface area contributed by atoms with Crippen LogP contribution in [0.4, 0.5) is 5.69 Å². The Labute approximate surface area is 106 Å². The predicted molar refractivity (Wildman–Crippen MR) is 73.4 cm³/mol. The molecule has 1 aromatic heterocycles. The largest absolute Gasteiger partial charge is 0.324 e. The first-order valence-corrected chi connectivity index (χ1v) is 6.04. The number of amides is 1. The summed E-state index contributed by atoms with van der Waals surface area (Å²) in [5.74, 6) is -0.159. The second kappa shape index (κ2) is 5.14. The highest BCUT2D eigenvalue weighted by Gasteiger charge is 2.13. The maximum absolute atomic E-state index is 11.8. The molecule has 0 saturated heterocycles. The Hall–Kier alpha value is -1.94. The maximum atomic E-state index is 11.8. The van der Waals surface area contributed by atoms with Gasteiger partial charge in [0.15, 0.2) is 0 Å². The van der Waals surface area contributed by atoms with Crippen LogP contribution in [-0.4, -0.2) is 16.9 Å². The minimum absolute atomic E-state index is 0.159. The molecule has 1 heterocycles. The molecule has 0 aliphatic carbocycles. The average Bonchev–Trinajstić information content (AvgIpc) is 2.37. The van der Waals surface area contributed by atoms with Crippen molar-refractivity contribution < 1.29 is 4.79 Å². The minimum atomic E-state index is -0.475. The summed E-state index contributed by atoms with van der Waals surface area (Å²) in [6.45, 7) is 3.79. The predicted octanol–water partition coefficient (Wildman–Crippen LogP) is 2.22. The van der Waals surface area contributed by atoms with Gasteiger partial charge in [-0.25, -0.2) is 0 Å². The van der Waals surface area contributed by atoms with E-state index in [0.29, 0.717) is 6.42 Å². The third-order valence-corrected chi connectivity index (χ3v) is 2.88. The zero-order chi connectivity index (χ0) is 13.1. The van der Waals surface area contributed by atoms with Gasteiger partial charge in [0, 0.05) is 11.1 Å². The molecule has 0 saturated carbocycles. The second-order valence-electron chi connectivity index (χ2n) is 4.33. The number of aromatic nitrogens is 1. The number of nitrogens with one attached hydrogen (secondary N) is 1. The van der Waals surface area contributed by atoms with Crippen molar-refractivity contribution in [2.45, 2.75) is 26.3 Å². The zero-order valence-corrected chi connectivity index (χ0v) is 10.6. The van der Waals surface area contributed by atoms with E-state index in [-0.39, 0.29) is 5.91 Å². The van der Waals surface area contributed by atoms with Crippen molar-refractivity contribution in [1.82, 2.24) is 4.98 Å². The van der Waals surface area contributed by atoms with Gasteiger partial charge in [0.05, 0.1) is 17.2 Å². The van der Waals surface area contributed by atoms with E-state index in [2.05, 4.69) is 10.3 Å². The fourth-order valence-corrected chi connectivity index (χ4v) is 1.82. The van der Waals surface area contributed by atoms with E-state index in [1.807, 2.05) is 44.2 Å². The Balaban J connectivity index is 2.41. The summed E-state index contributed by atoms with van der Waals surface area (Å²) in [7, 11) is 0. The quantitative estimate of drug-likeness (QED) is 0.868. The van der Waals surface area contributed by atoms with Crippen LogP contribution >= 0.6 is 0 Å². The maximum Gasteiger partial charge on any atom is 0.241 e. The summed E-state index contributed by atoms with van der Waals surface area (Å²) in [4.78, 5) is 16.3. The van der Waals surface area contributed by atoms with Crippen LogP contribution in [0.3, 0.4) is 0 Å². The Bertz CT molecular complexity index is 580. The van der Waals surface area contributed by atoms with Gasteiger partial charge in [-0.15, -0.1) is 0 Å². The van der Waals surface area contributed by atoms with Crippen LogP contribution in [0.15, 0.2) is 30.3 Å². The number of para-hydroxylation sites is 1. The first kappa shape index (κ1) is 12.5. The normalized spacial score (nSPS) is 12.4. The van der Waals surface area contributed by atoms with Crippen LogP contribution in [0, 0.1) is 6.92 Å². The topological polar surface area (TPSA) is 68.0 Å². The lowest BCUT2D eigenvalue weighted by Crippen LogP contribution is -2.34. The van der Waals surface area contributed by atoms with Crippen molar-refractivity contribution >= 4 is 22.5 Å². The molecule has 1 atom stereocenters. The van der Waals surface area contributed by atoms with Crippen LogP contribution in [-0.2, 0) is 4.79 Å². The van der Waals surface area contributed by atoms with Gasteiger partial charge >= 0.3 is 0 Å². The highest BCUT2D eigenvalue weighted by atomic mass is 16.2. The summed E-state index contributed by atoms with van der Waals surface area (Å²) < 4.78 is 0.